The third-order valence-corrected chi connectivity index (χ3v) is 1.14. The second-order valence-electron chi connectivity index (χ2n) is 1.82. The minimum atomic E-state index is -0.302. The van der Waals surface area contributed by atoms with Crippen LogP contribution in [0.25, 0.3) is 0 Å². The van der Waals surface area contributed by atoms with Gasteiger partial charge in [0.1, 0.15) is 0 Å². The monoisotopic (exact) mass is 127 g/mol. The van der Waals surface area contributed by atoms with Crippen LogP contribution in [0.5, 0.6) is 0 Å². The van der Waals surface area contributed by atoms with Gasteiger partial charge in [0.05, 0.1) is 18.8 Å². The maximum atomic E-state index is 8.54. The first kappa shape index (κ1) is 6.25. The van der Waals surface area contributed by atoms with Crippen molar-refractivity contribution in [2.75, 3.05) is 6.61 Å². The number of aromatic amines is 1. The second kappa shape index (κ2) is 2.61. The van der Waals surface area contributed by atoms with E-state index in [9.17, 15) is 0 Å². The fourth-order valence-corrected chi connectivity index (χ4v) is 0.569. The number of aliphatic hydroxyl groups excluding tert-OH is 1. The average molecular weight is 127 g/mol. The highest BCUT2D eigenvalue weighted by atomic mass is 16.3. The third-order valence-electron chi connectivity index (χ3n) is 1.14. The van der Waals surface area contributed by atoms with Gasteiger partial charge in [-0.3, -0.25) is 5.10 Å². The summed E-state index contributed by atoms with van der Waals surface area (Å²) < 4.78 is 0. The lowest BCUT2D eigenvalue weighted by Gasteiger charge is -2.01. The zero-order chi connectivity index (χ0) is 6.69. The van der Waals surface area contributed by atoms with Gasteiger partial charge in [-0.15, -0.1) is 0 Å². The number of hydrogen-bond donors (Lipinski definition) is 3. The van der Waals surface area contributed by atoms with Gasteiger partial charge in [-0.1, -0.05) is 0 Å². The van der Waals surface area contributed by atoms with Crippen LogP contribution in [0.1, 0.15) is 11.6 Å². The summed E-state index contributed by atoms with van der Waals surface area (Å²) in [6.45, 7) is -0.0421. The molecule has 0 spiro atoms. The van der Waals surface area contributed by atoms with E-state index in [1.165, 1.54) is 0 Å². The molecule has 0 fully saturated rings. The quantitative estimate of drug-likeness (QED) is 0.496. The van der Waals surface area contributed by atoms with E-state index in [0.29, 0.717) is 0 Å². The van der Waals surface area contributed by atoms with Crippen molar-refractivity contribution in [2.45, 2.75) is 6.04 Å². The molecule has 1 heterocycles. The van der Waals surface area contributed by atoms with E-state index in [4.69, 9.17) is 10.8 Å². The lowest BCUT2D eigenvalue weighted by Crippen LogP contribution is -2.13. The van der Waals surface area contributed by atoms with Gasteiger partial charge in [0, 0.05) is 11.8 Å². The summed E-state index contributed by atoms with van der Waals surface area (Å²) in [7, 11) is 0. The number of nitrogens with one attached hydrogen (secondary N) is 1. The summed E-state index contributed by atoms with van der Waals surface area (Å²) in [4.78, 5) is 0. The molecule has 50 valence electrons. The maximum absolute atomic E-state index is 8.54. The molecular weight excluding hydrogens is 118 g/mol. The molecule has 4 nitrogen and oxygen atoms in total. The molecule has 0 aliphatic heterocycles. The van der Waals surface area contributed by atoms with Crippen molar-refractivity contribution in [3.05, 3.63) is 18.0 Å². The number of rotatable bonds is 2. The number of nitrogens with two attached hydrogens (primary N) is 1. The van der Waals surface area contributed by atoms with Gasteiger partial charge in [-0.05, 0) is 0 Å². The van der Waals surface area contributed by atoms with Gasteiger partial charge in [0.25, 0.3) is 0 Å². The number of H-pyrrole nitrogens is 1. The van der Waals surface area contributed by atoms with E-state index in [-0.39, 0.29) is 12.6 Å². The maximum Gasteiger partial charge on any atom is 0.0625 e. The van der Waals surface area contributed by atoms with Gasteiger partial charge in [0.15, 0.2) is 0 Å². The Morgan fingerprint density at radius 2 is 2.67 bits per heavy atom. The van der Waals surface area contributed by atoms with E-state index in [1.54, 1.807) is 12.4 Å². The first-order valence-electron chi connectivity index (χ1n) is 2.69. The molecule has 0 saturated carbocycles. The molecule has 1 rings (SSSR count). The second-order valence-corrected chi connectivity index (χ2v) is 1.82. The van der Waals surface area contributed by atoms with Crippen LogP contribution in [0.15, 0.2) is 12.4 Å². The van der Waals surface area contributed by atoms with Crippen LogP contribution in [0, 0.1) is 0 Å². The Morgan fingerprint density at radius 1 is 1.89 bits per heavy atom. The molecule has 0 amide bonds. The smallest absolute Gasteiger partial charge is 0.0625 e. The Kier molecular flexibility index (Phi) is 1.81. The Balaban J connectivity index is 2.65. The zero-order valence-electron chi connectivity index (χ0n) is 4.91. The minimum Gasteiger partial charge on any atom is -0.394 e. The number of nitrogens with zero attached hydrogens (tertiary/aromatic N) is 1. The van der Waals surface area contributed by atoms with Crippen LogP contribution in [0.2, 0.25) is 0 Å². The first-order valence-corrected chi connectivity index (χ1v) is 2.69. The molecule has 1 aromatic rings. The average Bonchev–Trinajstić information content (AvgIpc) is 2.37. The molecule has 0 saturated heterocycles. The van der Waals surface area contributed by atoms with Crippen molar-refractivity contribution in [3.63, 3.8) is 0 Å². The summed E-state index contributed by atoms with van der Waals surface area (Å²) >= 11 is 0. The topological polar surface area (TPSA) is 74.9 Å². The molecule has 0 bridgehead atoms. The van der Waals surface area contributed by atoms with Crippen molar-refractivity contribution in [1.82, 2.24) is 10.2 Å². The molecule has 1 unspecified atom stereocenters. The highest BCUT2D eigenvalue weighted by Crippen LogP contribution is 2.04. The summed E-state index contributed by atoms with van der Waals surface area (Å²) in [6.07, 6.45) is 3.27. The Bertz CT molecular complexity index is 161. The largest absolute Gasteiger partial charge is 0.394 e. The van der Waals surface area contributed by atoms with Crippen molar-refractivity contribution in [2.24, 2.45) is 5.73 Å². The van der Waals surface area contributed by atoms with E-state index < -0.39 is 0 Å². The molecule has 4 heteroatoms. The van der Waals surface area contributed by atoms with Crippen LogP contribution in [0.3, 0.4) is 0 Å². The van der Waals surface area contributed by atoms with E-state index in [1.807, 2.05) is 0 Å². The van der Waals surface area contributed by atoms with Crippen LogP contribution in [-0.4, -0.2) is 21.9 Å². The Labute approximate surface area is 52.7 Å². The third kappa shape index (κ3) is 1.28. The van der Waals surface area contributed by atoms with Gasteiger partial charge in [-0.2, -0.15) is 5.10 Å². The Morgan fingerprint density at radius 3 is 3.11 bits per heavy atom. The number of aromatic nitrogens is 2. The lowest BCUT2D eigenvalue weighted by molar-refractivity contribution is 0.268. The zero-order valence-corrected chi connectivity index (χ0v) is 4.91. The van der Waals surface area contributed by atoms with Gasteiger partial charge >= 0.3 is 0 Å². The highest BCUT2D eigenvalue weighted by molar-refractivity contribution is 5.07. The normalized spacial score (nSPS) is 13.6. The van der Waals surface area contributed by atoms with Crippen molar-refractivity contribution < 1.29 is 5.11 Å². The molecule has 1 atom stereocenters. The minimum absolute atomic E-state index is 0.0421. The number of aliphatic hydroxyl groups is 1. The molecule has 0 aliphatic rings. The molecule has 4 N–H and O–H groups in total. The summed E-state index contributed by atoms with van der Waals surface area (Å²) in [5.74, 6) is 0. The van der Waals surface area contributed by atoms with Crippen LogP contribution in [0.4, 0.5) is 0 Å². The Hall–Kier alpha value is -0.870. The summed E-state index contributed by atoms with van der Waals surface area (Å²) in [6, 6.07) is -0.302. The predicted molar refractivity (Wildman–Crippen MR) is 32.6 cm³/mol. The van der Waals surface area contributed by atoms with Crippen LogP contribution in [-0.2, 0) is 0 Å². The SMILES string of the molecule is NC(CO)c1cn[nH]c1. The molecule has 0 aromatic carbocycles. The summed E-state index contributed by atoms with van der Waals surface area (Å²) in [5, 5.41) is 14.8. The van der Waals surface area contributed by atoms with Crippen molar-refractivity contribution in [3.8, 4) is 0 Å². The van der Waals surface area contributed by atoms with Gasteiger partial charge in [-0.25, -0.2) is 0 Å². The fraction of sp³-hybridized carbons (Fsp3) is 0.400. The van der Waals surface area contributed by atoms with E-state index in [2.05, 4.69) is 10.2 Å². The fourth-order valence-electron chi connectivity index (χ4n) is 0.569. The van der Waals surface area contributed by atoms with E-state index in [0.717, 1.165) is 5.56 Å². The lowest BCUT2D eigenvalue weighted by atomic mass is 10.2. The van der Waals surface area contributed by atoms with Crippen LogP contribution < -0.4 is 5.73 Å². The van der Waals surface area contributed by atoms with Gasteiger partial charge in [0.2, 0.25) is 0 Å². The molecule has 9 heavy (non-hydrogen) atoms. The molecule has 0 aliphatic carbocycles. The van der Waals surface area contributed by atoms with Crippen molar-refractivity contribution >= 4 is 0 Å². The molecular formula is C5H9N3O. The highest BCUT2D eigenvalue weighted by Gasteiger charge is 2.02. The molecule has 0 radical (unpaired) electrons. The summed E-state index contributed by atoms with van der Waals surface area (Å²) in [5.41, 5.74) is 6.26. The predicted octanol–water partition coefficient (Wildman–Crippen LogP) is -0.598. The standard InChI is InChI=1S/C5H9N3O/c6-5(3-9)4-1-7-8-2-4/h1-2,5,9H,3,6H2,(H,7,8). The van der Waals surface area contributed by atoms with E-state index >= 15 is 0 Å². The van der Waals surface area contributed by atoms with Crippen LogP contribution >= 0.6 is 0 Å². The number of hydrogen-bond acceptors (Lipinski definition) is 3. The van der Waals surface area contributed by atoms with Gasteiger partial charge < -0.3 is 10.8 Å². The van der Waals surface area contributed by atoms with Crippen molar-refractivity contribution in [1.29, 1.82) is 0 Å². The molecule has 1 aromatic heterocycles. The first-order chi connectivity index (χ1) is 4.34.